The molecule has 0 aliphatic rings. The Balaban J connectivity index is 0.000000203. The number of amides is 1. The summed E-state index contributed by atoms with van der Waals surface area (Å²) in [6.45, 7) is 4.60. The number of hydrogen-bond donors (Lipinski definition) is 5. The highest BCUT2D eigenvalue weighted by Gasteiger charge is 2.12. The van der Waals surface area contributed by atoms with Crippen molar-refractivity contribution in [2.45, 2.75) is 47.2 Å². The molecule has 0 atom stereocenters. The highest BCUT2D eigenvalue weighted by atomic mass is 35.5. The first kappa shape index (κ1) is 47.8. The maximum atomic E-state index is 14.4. The highest BCUT2D eigenvalue weighted by Crippen LogP contribution is 2.24. The quantitative estimate of drug-likeness (QED) is 0.0916. The van der Waals surface area contributed by atoms with Crippen molar-refractivity contribution in [1.29, 1.82) is 0 Å². The van der Waals surface area contributed by atoms with E-state index in [1.807, 2.05) is 32.0 Å². The number of aryl methyl sites for hydroxylation is 2. The minimum absolute atomic E-state index is 0. The molecule has 328 valence electrons. The molecule has 0 unspecified atom stereocenters. The number of carboxylic acids is 1. The van der Waals surface area contributed by atoms with Crippen molar-refractivity contribution >= 4 is 68.5 Å². The summed E-state index contributed by atoms with van der Waals surface area (Å²) in [4.78, 5) is 48.2. The third-order valence-electron chi connectivity index (χ3n) is 9.53. The second kappa shape index (κ2) is 21.7. The van der Waals surface area contributed by atoms with E-state index >= 15 is 0 Å². The minimum Gasteiger partial charge on any atom is -0.478 e. The van der Waals surface area contributed by atoms with Gasteiger partial charge < -0.3 is 27.6 Å². The normalized spacial score (nSPS) is 10.5. The van der Waals surface area contributed by atoms with Crippen LogP contribution in [0.2, 0.25) is 10.0 Å². The molecule has 13 nitrogen and oxygen atoms in total. The Bertz CT molecular complexity index is 2980. The van der Waals surface area contributed by atoms with E-state index in [4.69, 9.17) is 45.5 Å². The van der Waals surface area contributed by atoms with Gasteiger partial charge in [-0.1, -0.05) is 42.8 Å². The molecule has 0 aliphatic heterocycles. The first-order chi connectivity index (χ1) is 30.1. The number of nitrogen functional groups attached to an aromatic ring is 2. The number of benzene rings is 2. The van der Waals surface area contributed by atoms with Crippen LogP contribution >= 0.6 is 23.2 Å². The fourth-order valence-electron chi connectivity index (χ4n) is 6.42. The Hall–Kier alpha value is -7.20. The van der Waals surface area contributed by atoms with Gasteiger partial charge in [-0.05, 0) is 109 Å². The summed E-state index contributed by atoms with van der Waals surface area (Å²) in [6, 6.07) is 23.1. The zero-order chi connectivity index (χ0) is 45.2. The number of aromatic carboxylic acids is 1. The van der Waals surface area contributed by atoms with Crippen LogP contribution in [0.15, 0.2) is 110 Å². The fourth-order valence-corrected chi connectivity index (χ4v) is 6.75. The molecular formula is C47H44Cl2F2N10O3. The molecule has 6 heterocycles. The molecule has 0 saturated carbocycles. The van der Waals surface area contributed by atoms with Crippen LogP contribution in [0.3, 0.4) is 0 Å². The first-order valence-electron chi connectivity index (χ1n) is 19.2. The number of nitrogens with one attached hydrogen (secondary N) is 1. The lowest BCUT2D eigenvalue weighted by atomic mass is 10.0. The number of nitrogens with two attached hydrogens (primary N) is 3. The van der Waals surface area contributed by atoms with Gasteiger partial charge in [-0.25, -0.2) is 23.5 Å². The average Bonchev–Trinajstić information content (AvgIpc) is 3.23. The number of aromatic nitrogens is 6. The van der Waals surface area contributed by atoms with Gasteiger partial charge in [0.15, 0.2) is 0 Å². The molecule has 8 rings (SSSR count). The van der Waals surface area contributed by atoms with Gasteiger partial charge in [0, 0.05) is 89.8 Å². The zero-order valence-corrected chi connectivity index (χ0v) is 35.4. The van der Waals surface area contributed by atoms with Crippen LogP contribution in [-0.2, 0) is 25.9 Å². The van der Waals surface area contributed by atoms with E-state index in [0.717, 1.165) is 22.5 Å². The lowest BCUT2D eigenvalue weighted by molar-refractivity contribution is 0.0696. The van der Waals surface area contributed by atoms with Gasteiger partial charge in [0.05, 0.1) is 15.6 Å². The van der Waals surface area contributed by atoms with E-state index in [9.17, 15) is 18.4 Å². The number of carbonyl (C=O) groups is 2. The summed E-state index contributed by atoms with van der Waals surface area (Å²) in [5.41, 5.74) is 23.8. The van der Waals surface area contributed by atoms with Crippen LogP contribution in [0.1, 0.15) is 73.2 Å². The molecular weight excluding hydrogens is 861 g/mol. The standard InChI is InChI=1S/C23H19ClFN5O.C16H10ClFN2O2.C7H11N3.CH4/c1-13-16(2-3-21(26)30-13)11-29-23(31)15-4-5-27-19(10-15)7-14-6-17-9-18(24)12-28-22(17)20(25)8-14;17-12-6-11-3-9(5-14(18)15(11)20-8-12)4-13-7-10(16(21)22)1-2-19-13;1-5-6(4-8)2-3-7(9)10-5;/h2-6,8-10,12H,7,11H2,1H3,(H2,26,30)(H,29,31);1-3,5-8H,4H2,(H,21,22);2-3H,4,8H2,1H3,(H2,9,10);1H4. The summed E-state index contributed by atoms with van der Waals surface area (Å²) in [7, 11) is 0. The Labute approximate surface area is 377 Å². The van der Waals surface area contributed by atoms with Gasteiger partial charge in [0.25, 0.3) is 5.91 Å². The lowest BCUT2D eigenvalue weighted by Crippen LogP contribution is -2.23. The van der Waals surface area contributed by atoms with Crippen LogP contribution in [0.25, 0.3) is 21.8 Å². The molecule has 0 bridgehead atoms. The molecule has 17 heteroatoms. The molecule has 2 aromatic carbocycles. The Morgan fingerprint density at radius 1 is 0.656 bits per heavy atom. The number of fused-ring (bicyclic) bond motifs is 2. The molecule has 1 amide bonds. The highest BCUT2D eigenvalue weighted by molar-refractivity contribution is 6.31. The maximum Gasteiger partial charge on any atom is 0.335 e. The van der Waals surface area contributed by atoms with E-state index in [-0.39, 0.29) is 29.9 Å². The predicted molar refractivity (Wildman–Crippen MR) is 247 cm³/mol. The summed E-state index contributed by atoms with van der Waals surface area (Å²) in [6.07, 6.45) is 6.48. The molecule has 0 radical (unpaired) electrons. The summed E-state index contributed by atoms with van der Waals surface area (Å²) in [5.74, 6) is -1.14. The van der Waals surface area contributed by atoms with Crippen LogP contribution < -0.4 is 22.5 Å². The number of carboxylic acid groups (broad SMARTS) is 1. The number of anilines is 2. The van der Waals surface area contributed by atoms with E-state index in [1.165, 1.54) is 42.9 Å². The van der Waals surface area contributed by atoms with E-state index < -0.39 is 17.6 Å². The second-order valence-electron chi connectivity index (χ2n) is 14.2. The topological polar surface area (TPSA) is 222 Å². The van der Waals surface area contributed by atoms with Crippen LogP contribution in [0.5, 0.6) is 0 Å². The Kier molecular flexibility index (Phi) is 16.2. The van der Waals surface area contributed by atoms with Crippen molar-refractivity contribution in [2.75, 3.05) is 11.5 Å². The summed E-state index contributed by atoms with van der Waals surface area (Å²) >= 11 is 11.9. The first-order valence-corrected chi connectivity index (χ1v) is 19.9. The Morgan fingerprint density at radius 2 is 1.12 bits per heavy atom. The van der Waals surface area contributed by atoms with E-state index in [1.54, 1.807) is 48.7 Å². The van der Waals surface area contributed by atoms with Crippen LogP contribution in [-0.4, -0.2) is 46.9 Å². The van der Waals surface area contributed by atoms with Crippen molar-refractivity contribution in [3.63, 3.8) is 0 Å². The Morgan fingerprint density at radius 3 is 1.59 bits per heavy atom. The zero-order valence-electron chi connectivity index (χ0n) is 33.9. The van der Waals surface area contributed by atoms with Crippen molar-refractivity contribution < 1.29 is 23.5 Å². The van der Waals surface area contributed by atoms with Crippen molar-refractivity contribution in [1.82, 2.24) is 35.2 Å². The number of halogens is 4. The second-order valence-corrected chi connectivity index (χ2v) is 15.1. The summed E-state index contributed by atoms with van der Waals surface area (Å²) < 4.78 is 28.5. The monoisotopic (exact) mass is 904 g/mol. The van der Waals surface area contributed by atoms with E-state index in [0.29, 0.717) is 86.5 Å². The van der Waals surface area contributed by atoms with Gasteiger partial charge in [0.1, 0.15) is 34.3 Å². The third kappa shape index (κ3) is 12.7. The van der Waals surface area contributed by atoms with Gasteiger partial charge in [-0.15, -0.1) is 0 Å². The van der Waals surface area contributed by atoms with Crippen LogP contribution in [0.4, 0.5) is 20.4 Å². The fraction of sp³-hybridized carbons (Fsp3) is 0.149. The smallest absolute Gasteiger partial charge is 0.335 e. The number of nitrogens with zero attached hydrogens (tertiary/aromatic N) is 6. The SMILES string of the molecule is C.Cc1nc(N)ccc1CN.Cc1nc(N)ccc1CNC(=O)c1ccnc(Cc2cc(F)c3ncc(Cl)cc3c2)c1.O=C(O)c1ccnc(Cc2cc(F)c3ncc(Cl)cc3c2)c1. The molecule has 0 aliphatic carbocycles. The van der Waals surface area contributed by atoms with Gasteiger partial charge in [-0.2, -0.15) is 0 Å². The van der Waals surface area contributed by atoms with E-state index in [2.05, 4.69) is 35.2 Å². The summed E-state index contributed by atoms with van der Waals surface area (Å²) in [5, 5.41) is 13.9. The maximum absolute atomic E-state index is 14.4. The lowest BCUT2D eigenvalue weighted by Gasteiger charge is -2.09. The predicted octanol–water partition coefficient (Wildman–Crippen LogP) is 9.01. The molecule has 0 spiro atoms. The molecule has 8 N–H and O–H groups in total. The third-order valence-corrected chi connectivity index (χ3v) is 9.95. The van der Waals surface area contributed by atoms with Crippen LogP contribution in [0, 0.1) is 25.5 Å². The van der Waals surface area contributed by atoms with Crippen molar-refractivity contribution in [2.24, 2.45) is 5.73 Å². The number of rotatable bonds is 9. The molecule has 6 aromatic heterocycles. The van der Waals surface area contributed by atoms with Gasteiger partial charge in [0.2, 0.25) is 0 Å². The molecule has 8 aromatic rings. The number of pyridine rings is 6. The number of carbonyl (C=O) groups excluding carboxylic acids is 1. The average molecular weight is 906 g/mol. The number of hydrogen-bond acceptors (Lipinski definition) is 11. The molecule has 64 heavy (non-hydrogen) atoms. The molecule has 0 fully saturated rings. The van der Waals surface area contributed by atoms with Gasteiger partial charge >= 0.3 is 5.97 Å². The van der Waals surface area contributed by atoms with Crippen molar-refractivity contribution in [3.8, 4) is 0 Å². The minimum atomic E-state index is -1.02. The molecule has 0 saturated heterocycles. The largest absolute Gasteiger partial charge is 0.478 e. The van der Waals surface area contributed by atoms with Crippen molar-refractivity contribution in [3.05, 3.63) is 188 Å². The van der Waals surface area contributed by atoms with Gasteiger partial charge in [-0.3, -0.25) is 24.7 Å².